The molecule has 1 aliphatic heterocycles. The highest BCUT2D eigenvalue weighted by atomic mass is 32.2. The Labute approximate surface area is 116 Å². The predicted octanol–water partition coefficient (Wildman–Crippen LogP) is 2.58. The second-order valence-corrected chi connectivity index (χ2v) is 6.81. The number of thioether (sulfide) groups is 1. The van der Waals surface area contributed by atoms with Gasteiger partial charge in [0.15, 0.2) is 5.17 Å². The number of unbranched alkanes of at least 4 members (excludes halogenated alkanes) is 1. The van der Waals surface area contributed by atoms with E-state index in [2.05, 4.69) is 24.3 Å². The Morgan fingerprint density at radius 3 is 2.94 bits per heavy atom. The van der Waals surface area contributed by atoms with Crippen LogP contribution in [0.5, 0.6) is 0 Å². The molecule has 3 nitrogen and oxygen atoms in total. The van der Waals surface area contributed by atoms with E-state index >= 15 is 0 Å². The molecule has 2 fully saturated rings. The van der Waals surface area contributed by atoms with Crippen LogP contribution in [0.25, 0.3) is 0 Å². The van der Waals surface area contributed by atoms with Crippen molar-refractivity contribution in [1.82, 2.24) is 10.2 Å². The highest BCUT2D eigenvalue weighted by Gasteiger charge is 2.29. The van der Waals surface area contributed by atoms with E-state index in [4.69, 9.17) is 4.99 Å². The average molecular weight is 269 g/mol. The van der Waals surface area contributed by atoms with Gasteiger partial charge in [-0.2, -0.15) is 0 Å². The zero-order valence-electron chi connectivity index (χ0n) is 11.8. The van der Waals surface area contributed by atoms with E-state index in [-0.39, 0.29) is 0 Å². The molecule has 1 saturated carbocycles. The Balaban J connectivity index is 1.66. The van der Waals surface area contributed by atoms with E-state index in [0.29, 0.717) is 0 Å². The molecule has 0 amide bonds. The van der Waals surface area contributed by atoms with Crippen LogP contribution < -0.4 is 5.32 Å². The SMILES string of the molecule is CN(C)CCCCN=C1NC2CCCCC2CS1. The van der Waals surface area contributed by atoms with E-state index in [1.165, 1.54) is 56.0 Å². The molecule has 2 aliphatic rings. The lowest BCUT2D eigenvalue weighted by Gasteiger charge is -2.36. The topological polar surface area (TPSA) is 27.6 Å². The van der Waals surface area contributed by atoms with Gasteiger partial charge in [-0.3, -0.25) is 4.99 Å². The maximum atomic E-state index is 4.72. The van der Waals surface area contributed by atoms with Crippen molar-refractivity contribution in [3.05, 3.63) is 0 Å². The molecule has 2 atom stereocenters. The van der Waals surface area contributed by atoms with Crippen LogP contribution in [0.1, 0.15) is 38.5 Å². The quantitative estimate of drug-likeness (QED) is 0.777. The van der Waals surface area contributed by atoms with E-state index in [9.17, 15) is 0 Å². The molecule has 1 saturated heterocycles. The van der Waals surface area contributed by atoms with Crippen LogP contribution >= 0.6 is 11.8 Å². The van der Waals surface area contributed by atoms with Gasteiger partial charge in [-0.25, -0.2) is 0 Å². The summed E-state index contributed by atoms with van der Waals surface area (Å²) in [5, 5.41) is 4.87. The summed E-state index contributed by atoms with van der Waals surface area (Å²) in [7, 11) is 4.27. The van der Waals surface area contributed by atoms with Gasteiger partial charge in [0.05, 0.1) is 0 Å². The average Bonchev–Trinajstić information content (AvgIpc) is 2.38. The van der Waals surface area contributed by atoms with E-state index < -0.39 is 0 Å². The summed E-state index contributed by atoms with van der Waals surface area (Å²) < 4.78 is 0. The minimum atomic E-state index is 0.723. The summed E-state index contributed by atoms with van der Waals surface area (Å²) >= 11 is 1.94. The Morgan fingerprint density at radius 2 is 2.11 bits per heavy atom. The fourth-order valence-electron chi connectivity index (χ4n) is 2.80. The standard InChI is InChI=1S/C14H27N3S/c1-17(2)10-6-5-9-15-14-16-13-8-4-3-7-12(13)11-18-14/h12-13H,3-11H2,1-2H3,(H,15,16). The molecular weight excluding hydrogens is 242 g/mol. The Hall–Kier alpha value is -0.220. The summed E-state index contributed by atoms with van der Waals surface area (Å²) in [6.45, 7) is 2.16. The van der Waals surface area contributed by atoms with Gasteiger partial charge in [0.2, 0.25) is 0 Å². The van der Waals surface area contributed by atoms with Crippen LogP contribution in [0.3, 0.4) is 0 Å². The lowest BCUT2D eigenvalue weighted by Crippen LogP contribution is -2.46. The van der Waals surface area contributed by atoms with Gasteiger partial charge in [-0.05, 0) is 52.2 Å². The fraction of sp³-hybridized carbons (Fsp3) is 0.929. The number of aliphatic imine (C=N–C) groups is 1. The minimum absolute atomic E-state index is 0.723. The maximum Gasteiger partial charge on any atom is 0.156 e. The predicted molar refractivity (Wildman–Crippen MR) is 81.4 cm³/mol. The molecule has 4 heteroatoms. The zero-order chi connectivity index (χ0) is 12.8. The normalized spacial score (nSPS) is 30.3. The number of fused-ring (bicyclic) bond motifs is 1. The lowest BCUT2D eigenvalue weighted by atomic mass is 9.86. The number of amidine groups is 1. The molecule has 18 heavy (non-hydrogen) atoms. The van der Waals surface area contributed by atoms with E-state index in [0.717, 1.165) is 18.5 Å². The van der Waals surface area contributed by atoms with Crippen molar-refractivity contribution >= 4 is 16.9 Å². The van der Waals surface area contributed by atoms with Gasteiger partial charge >= 0.3 is 0 Å². The third kappa shape index (κ3) is 4.47. The maximum absolute atomic E-state index is 4.72. The third-order valence-corrected chi connectivity index (χ3v) is 5.04. The first-order valence-corrected chi connectivity index (χ1v) is 8.33. The number of hydrogen-bond donors (Lipinski definition) is 1. The second-order valence-electron chi connectivity index (χ2n) is 5.80. The third-order valence-electron chi connectivity index (χ3n) is 3.92. The molecule has 2 unspecified atom stereocenters. The van der Waals surface area contributed by atoms with E-state index in [1.54, 1.807) is 0 Å². The Kier molecular flexibility index (Phi) is 5.83. The first kappa shape index (κ1) is 14.2. The van der Waals surface area contributed by atoms with Gasteiger partial charge in [0.1, 0.15) is 0 Å². The molecule has 1 aliphatic carbocycles. The zero-order valence-corrected chi connectivity index (χ0v) is 12.6. The van der Waals surface area contributed by atoms with Gasteiger partial charge in [0, 0.05) is 18.3 Å². The molecule has 0 bridgehead atoms. The molecule has 1 N–H and O–H groups in total. The molecule has 2 rings (SSSR count). The summed E-state index contributed by atoms with van der Waals surface area (Å²) in [5.41, 5.74) is 0. The van der Waals surface area contributed by atoms with Crippen LogP contribution in [0.4, 0.5) is 0 Å². The van der Waals surface area contributed by atoms with Gasteiger partial charge < -0.3 is 10.2 Å². The van der Waals surface area contributed by atoms with Crippen LogP contribution in [-0.2, 0) is 0 Å². The monoisotopic (exact) mass is 269 g/mol. The molecule has 0 aromatic carbocycles. The second kappa shape index (κ2) is 7.39. The van der Waals surface area contributed by atoms with Crippen molar-refractivity contribution in [3.8, 4) is 0 Å². The fourth-order valence-corrected chi connectivity index (χ4v) is 3.98. The van der Waals surface area contributed by atoms with Gasteiger partial charge in [-0.15, -0.1) is 0 Å². The summed E-state index contributed by atoms with van der Waals surface area (Å²) in [6.07, 6.45) is 8.06. The first-order valence-electron chi connectivity index (χ1n) is 7.34. The minimum Gasteiger partial charge on any atom is -0.362 e. The van der Waals surface area contributed by atoms with Crippen molar-refractivity contribution in [2.75, 3.05) is 32.9 Å². The highest BCUT2D eigenvalue weighted by Crippen LogP contribution is 2.31. The summed E-state index contributed by atoms with van der Waals surface area (Å²) in [6, 6.07) is 0.723. The van der Waals surface area contributed by atoms with Crippen LogP contribution in [-0.4, -0.2) is 49.0 Å². The van der Waals surface area contributed by atoms with Crippen LogP contribution in [0.15, 0.2) is 4.99 Å². The first-order chi connectivity index (χ1) is 8.75. The van der Waals surface area contributed by atoms with Crippen molar-refractivity contribution in [2.45, 2.75) is 44.6 Å². The van der Waals surface area contributed by atoms with Crippen molar-refractivity contribution in [1.29, 1.82) is 0 Å². The summed E-state index contributed by atoms with van der Waals surface area (Å²) in [5.74, 6) is 2.19. The molecular formula is C14H27N3S. The number of rotatable bonds is 5. The molecule has 0 radical (unpaired) electrons. The van der Waals surface area contributed by atoms with Crippen molar-refractivity contribution < 1.29 is 0 Å². The summed E-state index contributed by atoms with van der Waals surface area (Å²) in [4.78, 5) is 6.96. The van der Waals surface area contributed by atoms with Crippen LogP contribution in [0, 0.1) is 5.92 Å². The van der Waals surface area contributed by atoms with Crippen molar-refractivity contribution in [2.24, 2.45) is 10.9 Å². The van der Waals surface area contributed by atoms with Gasteiger partial charge in [0.25, 0.3) is 0 Å². The number of nitrogens with one attached hydrogen (secondary N) is 1. The number of nitrogens with zero attached hydrogens (tertiary/aromatic N) is 2. The number of hydrogen-bond acceptors (Lipinski definition) is 3. The smallest absolute Gasteiger partial charge is 0.156 e. The Morgan fingerprint density at radius 1 is 1.28 bits per heavy atom. The Bertz CT molecular complexity index is 278. The van der Waals surface area contributed by atoms with E-state index in [1.807, 2.05) is 11.8 Å². The highest BCUT2D eigenvalue weighted by molar-refractivity contribution is 8.13. The van der Waals surface area contributed by atoms with Gasteiger partial charge in [-0.1, -0.05) is 24.6 Å². The molecule has 104 valence electrons. The molecule has 0 spiro atoms. The lowest BCUT2D eigenvalue weighted by molar-refractivity contribution is 0.311. The molecule has 0 aromatic rings. The van der Waals surface area contributed by atoms with Crippen molar-refractivity contribution in [3.63, 3.8) is 0 Å². The largest absolute Gasteiger partial charge is 0.362 e. The molecule has 1 heterocycles. The molecule has 0 aromatic heterocycles. The van der Waals surface area contributed by atoms with Crippen LogP contribution in [0.2, 0.25) is 0 Å².